The highest BCUT2D eigenvalue weighted by Crippen LogP contribution is 2.23. The van der Waals surface area contributed by atoms with Crippen LogP contribution in [0.3, 0.4) is 0 Å². The van der Waals surface area contributed by atoms with Crippen LogP contribution in [0, 0.1) is 5.92 Å². The summed E-state index contributed by atoms with van der Waals surface area (Å²) in [6, 6.07) is 3.38. The van der Waals surface area contributed by atoms with E-state index < -0.39 is 0 Å². The van der Waals surface area contributed by atoms with Crippen LogP contribution in [-0.2, 0) is 13.0 Å². The summed E-state index contributed by atoms with van der Waals surface area (Å²) in [7, 11) is 0. The number of pyridine rings is 1. The molecule has 1 atom stereocenters. The first-order valence-electron chi connectivity index (χ1n) is 10.4. The molecule has 0 aliphatic carbocycles. The second-order valence-corrected chi connectivity index (χ2v) is 8.18. The summed E-state index contributed by atoms with van der Waals surface area (Å²) in [5.74, 6) is 2.15. The monoisotopic (exact) mass is 396 g/mol. The van der Waals surface area contributed by atoms with Gasteiger partial charge < -0.3 is 9.88 Å². The molecule has 3 heterocycles. The quantitative estimate of drug-likeness (QED) is 0.728. The predicted molar refractivity (Wildman–Crippen MR) is 113 cm³/mol. The van der Waals surface area contributed by atoms with Crippen molar-refractivity contribution in [3.8, 4) is 0 Å². The van der Waals surface area contributed by atoms with Crippen molar-refractivity contribution in [1.29, 1.82) is 0 Å². The number of amides is 1. The van der Waals surface area contributed by atoms with Gasteiger partial charge in [0.15, 0.2) is 5.82 Å². The molecule has 1 unspecified atom stereocenters. The Morgan fingerprint density at radius 2 is 2.10 bits per heavy atom. The molecule has 0 aromatic carbocycles. The van der Waals surface area contributed by atoms with Gasteiger partial charge in [0.05, 0.1) is 11.6 Å². The van der Waals surface area contributed by atoms with Gasteiger partial charge in [-0.05, 0) is 38.3 Å². The van der Waals surface area contributed by atoms with Crippen LogP contribution in [0.2, 0.25) is 0 Å². The van der Waals surface area contributed by atoms with E-state index in [0.29, 0.717) is 11.5 Å². The molecule has 2 aromatic heterocycles. The third-order valence-electron chi connectivity index (χ3n) is 5.36. The maximum Gasteiger partial charge on any atom is 0.253 e. The number of hydrogen-bond acceptors (Lipinski definition) is 5. The van der Waals surface area contributed by atoms with E-state index >= 15 is 0 Å². The lowest BCUT2D eigenvalue weighted by Crippen LogP contribution is -2.32. The van der Waals surface area contributed by atoms with Gasteiger partial charge in [0.2, 0.25) is 0 Å². The number of nitrogens with one attached hydrogen (secondary N) is 1. The lowest BCUT2D eigenvalue weighted by Gasteiger charge is -2.22. The topological polar surface area (TPSA) is 75.9 Å². The van der Waals surface area contributed by atoms with E-state index in [-0.39, 0.29) is 11.9 Å². The van der Waals surface area contributed by atoms with Crippen molar-refractivity contribution < 1.29 is 4.79 Å². The zero-order valence-electron chi connectivity index (χ0n) is 17.9. The molecule has 1 aliphatic rings. The highest BCUT2D eigenvalue weighted by atomic mass is 16.1. The Balaban J connectivity index is 1.78. The second kappa shape index (κ2) is 9.78. The number of fused-ring (bicyclic) bond motifs is 1. The van der Waals surface area contributed by atoms with E-state index in [1.165, 1.54) is 5.57 Å². The van der Waals surface area contributed by atoms with Gasteiger partial charge in [-0.25, -0.2) is 0 Å². The molecule has 3 rings (SSSR count). The largest absolute Gasteiger partial charge is 0.342 e. The van der Waals surface area contributed by atoms with E-state index in [1.54, 1.807) is 24.5 Å². The molecule has 0 saturated heterocycles. The van der Waals surface area contributed by atoms with Crippen molar-refractivity contribution in [1.82, 2.24) is 30.0 Å². The van der Waals surface area contributed by atoms with Crippen molar-refractivity contribution in [2.45, 2.75) is 53.1 Å². The lowest BCUT2D eigenvalue weighted by atomic mass is 10.0. The van der Waals surface area contributed by atoms with Gasteiger partial charge in [0, 0.05) is 45.0 Å². The Morgan fingerprint density at radius 1 is 1.28 bits per heavy atom. The molecule has 0 radical (unpaired) electrons. The van der Waals surface area contributed by atoms with E-state index in [2.05, 4.69) is 63.7 Å². The molecule has 0 bridgehead atoms. The molecule has 156 valence electrons. The highest BCUT2D eigenvalue weighted by Gasteiger charge is 2.26. The normalized spacial score (nSPS) is 16.4. The Hall–Kier alpha value is -2.54. The van der Waals surface area contributed by atoms with Crippen LogP contribution in [-0.4, -0.2) is 50.2 Å². The van der Waals surface area contributed by atoms with Gasteiger partial charge in [-0.3, -0.25) is 14.7 Å². The average Bonchev–Trinajstić information content (AvgIpc) is 3.02. The van der Waals surface area contributed by atoms with Crippen LogP contribution in [0.4, 0.5) is 0 Å². The number of carbonyl (C=O) groups excluding carboxylic acids is 1. The van der Waals surface area contributed by atoms with E-state index in [9.17, 15) is 4.79 Å². The minimum atomic E-state index is -0.173. The van der Waals surface area contributed by atoms with Gasteiger partial charge in [-0.1, -0.05) is 25.5 Å². The molecule has 2 aromatic rings. The van der Waals surface area contributed by atoms with Crippen LogP contribution in [0.25, 0.3) is 0 Å². The summed E-state index contributed by atoms with van der Waals surface area (Å²) in [4.78, 5) is 19.3. The minimum Gasteiger partial charge on any atom is -0.342 e. The van der Waals surface area contributed by atoms with Gasteiger partial charge in [-0.2, -0.15) is 0 Å². The second-order valence-electron chi connectivity index (χ2n) is 8.18. The maximum absolute atomic E-state index is 12.8. The van der Waals surface area contributed by atoms with E-state index in [1.807, 2.05) is 0 Å². The predicted octanol–water partition coefficient (Wildman–Crippen LogP) is 3.01. The Morgan fingerprint density at radius 3 is 2.79 bits per heavy atom. The third kappa shape index (κ3) is 5.50. The minimum absolute atomic E-state index is 0.125. The van der Waals surface area contributed by atoms with Gasteiger partial charge in [0.25, 0.3) is 5.91 Å². The fourth-order valence-corrected chi connectivity index (χ4v) is 3.69. The van der Waals surface area contributed by atoms with Crippen LogP contribution in [0.15, 0.2) is 36.2 Å². The number of nitrogens with zero attached hydrogens (tertiary/aromatic N) is 5. The van der Waals surface area contributed by atoms with E-state index in [0.717, 1.165) is 50.7 Å². The molecule has 1 amide bonds. The number of aromatic nitrogens is 4. The Labute approximate surface area is 173 Å². The molecule has 0 spiro atoms. The van der Waals surface area contributed by atoms with Gasteiger partial charge >= 0.3 is 0 Å². The van der Waals surface area contributed by atoms with Crippen LogP contribution < -0.4 is 5.32 Å². The molecule has 0 fully saturated rings. The van der Waals surface area contributed by atoms with Gasteiger partial charge in [-0.15, -0.1) is 10.2 Å². The van der Waals surface area contributed by atoms with Crippen LogP contribution in [0.1, 0.15) is 62.2 Å². The summed E-state index contributed by atoms with van der Waals surface area (Å²) in [6.07, 6.45) is 7.11. The van der Waals surface area contributed by atoms with Crippen molar-refractivity contribution >= 4 is 5.91 Å². The van der Waals surface area contributed by atoms with Crippen molar-refractivity contribution in [2.24, 2.45) is 5.92 Å². The summed E-state index contributed by atoms with van der Waals surface area (Å²) in [5, 5.41) is 12.1. The fraction of sp³-hybridized carbons (Fsp3) is 0.545. The summed E-state index contributed by atoms with van der Waals surface area (Å²) >= 11 is 0. The molecule has 1 aliphatic heterocycles. The standard InChI is InChI=1S/C22H32N6O/c1-5-17(4)15-27-10-8-20-25-26-21(28(20)12-11-27)19(13-16(2)3)24-22(29)18-7-6-9-23-14-18/h5-7,9,14,16,19H,8,10-13,15H2,1-4H3,(H,24,29). The Kier molecular flexibility index (Phi) is 7.14. The maximum atomic E-state index is 12.8. The number of allylic oxidation sites excluding steroid dienone is 1. The van der Waals surface area contributed by atoms with Gasteiger partial charge in [0.1, 0.15) is 5.82 Å². The molecule has 1 N–H and O–H groups in total. The van der Waals surface area contributed by atoms with Crippen molar-refractivity contribution in [3.63, 3.8) is 0 Å². The zero-order chi connectivity index (χ0) is 20.8. The van der Waals surface area contributed by atoms with Crippen molar-refractivity contribution in [3.05, 3.63) is 53.4 Å². The Bertz CT molecular complexity index is 842. The third-order valence-corrected chi connectivity index (χ3v) is 5.36. The number of rotatable bonds is 7. The molecular formula is C22H32N6O. The molecular weight excluding hydrogens is 364 g/mol. The first-order valence-corrected chi connectivity index (χ1v) is 10.4. The lowest BCUT2D eigenvalue weighted by molar-refractivity contribution is 0.0928. The number of carbonyl (C=O) groups is 1. The smallest absolute Gasteiger partial charge is 0.253 e. The first kappa shape index (κ1) is 21.2. The molecule has 7 heteroatoms. The van der Waals surface area contributed by atoms with Crippen LogP contribution >= 0.6 is 0 Å². The summed E-state index contributed by atoms with van der Waals surface area (Å²) in [5.41, 5.74) is 1.94. The zero-order valence-corrected chi connectivity index (χ0v) is 17.9. The molecule has 0 saturated carbocycles. The van der Waals surface area contributed by atoms with E-state index in [4.69, 9.17) is 0 Å². The number of hydrogen-bond donors (Lipinski definition) is 1. The van der Waals surface area contributed by atoms with Crippen LogP contribution in [0.5, 0.6) is 0 Å². The summed E-state index contributed by atoms with van der Waals surface area (Å²) < 4.78 is 2.21. The summed E-state index contributed by atoms with van der Waals surface area (Å²) in [6.45, 7) is 12.3. The SMILES string of the molecule is CC=C(C)CN1CCc2nnc(C(CC(C)C)NC(=O)c3cccnc3)n2CC1. The highest BCUT2D eigenvalue weighted by molar-refractivity contribution is 5.94. The average molecular weight is 397 g/mol. The van der Waals surface area contributed by atoms with Crippen molar-refractivity contribution in [2.75, 3.05) is 19.6 Å². The first-order chi connectivity index (χ1) is 14.0. The fourth-order valence-electron chi connectivity index (χ4n) is 3.69. The molecule has 7 nitrogen and oxygen atoms in total. The molecule has 29 heavy (non-hydrogen) atoms.